The second-order valence-electron chi connectivity index (χ2n) is 4.84. The highest BCUT2D eigenvalue weighted by atomic mass is 16.5. The monoisotopic (exact) mass is 243 g/mol. The maximum atomic E-state index is 5.35. The van der Waals surface area contributed by atoms with E-state index in [2.05, 4.69) is 34.5 Å². The van der Waals surface area contributed by atoms with Crippen LogP contribution in [0.2, 0.25) is 0 Å². The van der Waals surface area contributed by atoms with Crippen molar-refractivity contribution < 1.29 is 4.52 Å². The number of benzene rings is 1. The Morgan fingerprint density at radius 1 is 1.39 bits per heavy atom. The molecule has 4 heteroatoms. The van der Waals surface area contributed by atoms with E-state index < -0.39 is 0 Å². The second kappa shape index (κ2) is 4.90. The maximum absolute atomic E-state index is 5.35. The summed E-state index contributed by atoms with van der Waals surface area (Å²) in [7, 11) is 0. The normalized spacial score (nSPS) is 19.3. The van der Waals surface area contributed by atoms with E-state index in [4.69, 9.17) is 4.52 Å². The molecule has 1 N–H and O–H groups in total. The molecule has 0 radical (unpaired) electrons. The highest BCUT2D eigenvalue weighted by Crippen LogP contribution is 2.20. The molecule has 1 aliphatic rings. The third-order valence-electron chi connectivity index (χ3n) is 3.51. The highest BCUT2D eigenvalue weighted by molar-refractivity contribution is 5.27. The lowest BCUT2D eigenvalue weighted by molar-refractivity contribution is 0.376. The molecule has 94 valence electrons. The van der Waals surface area contributed by atoms with E-state index in [-0.39, 0.29) is 0 Å². The van der Waals surface area contributed by atoms with Crippen molar-refractivity contribution in [2.75, 3.05) is 13.1 Å². The molecule has 1 saturated heterocycles. The molecular formula is C14H17N3O. The zero-order valence-corrected chi connectivity index (χ0v) is 10.5. The molecule has 1 fully saturated rings. The minimum absolute atomic E-state index is 0.416. The molecule has 1 atom stereocenters. The summed E-state index contributed by atoms with van der Waals surface area (Å²) in [5, 5.41) is 7.42. The fourth-order valence-electron chi connectivity index (χ4n) is 2.35. The summed E-state index contributed by atoms with van der Waals surface area (Å²) < 4.78 is 5.35. The number of aromatic nitrogens is 2. The SMILES string of the molecule is Cc1ccccc1Cc1nc(C2CCNC2)no1. The molecule has 2 heterocycles. The first-order valence-electron chi connectivity index (χ1n) is 6.40. The van der Waals surface area contributed by atoms with Crippen LogP contribution in [-0.2, 0) is 6.42 Å². The van der Waals surface area contributed by atoms with Gasteiger partial charge in [0.15, 0.2) is 5.82 Å². The molecule has 18 heavy (non-hydrogen) atoms. The third kappa shape index (κ3) is 2.29. The number of nitrogens with zero attached hydrogens (tertiary/aromatic N) is 2. The number of hydrogen-bond donors (Lipinski definition) is 1. The standard InChI is InChI=1S/C14H17N3O/c1-10-4-2-3-5-11(10)8-13-16-14(17-18-13)12-6-7-15-9-12/h2-5,12,15H,6-9H2,1H3. The highest BCUT2D eigenvalue weighted by Gasteiger charge is 2.22. The van der Waals surface area contributed by atoms with Gasteiger partial charge < -0.3 is 9.84 Å². The molecule has 1 aromatic heterocycles. The number of nitrogens with one attached hydrogen (secondary N) is 1. The molecule has 0 bridgehead atoms. The van der Waals surface area contributed by atoms with Gasteiger partial charge in [0.05, 0.1) is 6.42 Å². The van der Waals surface area contributed by atoms with Gasteiger partial charge in [-0.3, -0.25) is 0 Å². The van der Waals surface area contributed by atoms with E-state index in [9.17, 15) is 0 Å². The Bertz CT molecular complexity index is 529. The van der Waals surface area contributed by atoms with Crippen molar-refractivity contribution in [1.29, 1.82) is 0 Å². The molecule has 2 aromatic rings. The van der Waals surface area contributed by atoms with Crippen LogP contribution in [0, 0.1) is 6.92 Å². The Morgan fingerprint density at radius 3 is 3.06 bits per heavy atom. The van der Waals surface area contributed by atoms with Crippen LogP contribution in [0.1, 0.15) is 35.2 Å². The van der Waals surface area contributed by atoms with Crippen LogP contribution in [0.25, 0.3) is 0 Å². The van der Waals surface area contributed by atoms with E-state index in [0.717, 1.165) is 31.8 Å². The molecule has 4 nitrogen and oxygen atoms in total. The molecule has 1 aliphatic heterocycles. The molecule has 3 rings (SSSR count). The van der Waals surface area contributed by atoms with Crippen molar-refractivity contribution in [2.45, 2.75) is 25.7 Å². The Morgan fingerprint density at radius 2 is 2.28 bits per heavy atom. The zero-order chi connectivity index (χ0) is 12.4. The Balaban J connectivity index is 1.75. The summed E-state index contributed by atoms with van der Waals surface area (Å²) >= 11 is 0. The number of hydrogen-bond acceptors (Lipinski definition) is 4. The van der Waals surface area contributed by atoms with Crippen molar-refractivity contribution in [3.63, 3.8) is 0 Å². The van der Waals surface area contributed by atoms with Gasteiger partial charge in [0.25, 0.3) is 0 Å². The smallest absolute Gasteiger partial charge is 0.231 e. The van der Waals surface area contributed by atoms with Gasteiger partial charge in [-0.25, -0.2) is 0 Å². The van der Waals surface area contributed by atoms with Crippen LogP contribution in [0.4, 0.5) is 0 Å². The molecular weight excluding hydrogens is 226 g/mol. The van der Waals surface area contributed by atoms with Gasteiger partial charge >= 0.3 is 0 Å². The minimum atomic E-state index is 0.416. The summed E-state index contributed by atoms with van der Waals surface area (Å²) in [6.07, 6.45) is 1.82. The Labute approximate surface area is 106 Å². The lowest BCUT2D eigenvalue weighted by Gasteiger charge is -2.01. The zero-order valence-electron chi connectivity index (χ0n) is 10.5. The molecule has 0 amide bonds. The van der Waals surface area contributed by atoms with Gasteiger partial charge in [-0.15, -0.1) is 0 Å². The van der Waals surface area contributed by atoms with Gasteiger partial charge in [-0.1, -0.05) is 29.4 Å². The van der Waals surface area contributed by atoms with Gasteiger partial charge in [0.1, 0.15) is 0 Å². The van der Waals surface area contributed by atoms with Gasteiger partial charge in [-0.2, -0.15) is 4.98 Å². The predicted molar refractivity (Wildman–Crippen MR) is 68.5 cm³/mol. The van der Waals surface area contributed by atoms with E-state index in [1.54, 1.807) is 0 Å². The van der Waals surface area contributed by atoms with Crippen LogP contribution in [0.5, 0.6) is 0 Å². The Hall–Kier alpha value is -1.68. The molecule has 1 unspecified atom stereocenters. The Kier molecular flexibility index (Phi) is 3.11. The average Bonchev–Trinajstić information content (AvgIpc) is 3.02. The fourth-order valence-corrected chi connectivity index (χ4v) is 2.35. The van der Waals surface area contributed by atoms with E-state index in [0.29, 0.717) is 11.8 Å². The van der Waals surface area contributed by atoms with Crippen LogP contribution in [0.3, 0.4) is 0 Å². The van der Waals surface area contributed by atoms with Crippen molar-refractivity contribution in [3.8, 4) is 0 Å². The second-order valence-corrected chi connectivity index (χ2v) is 4.84. The summed E-state index contributed by atoms with van der Waals surface area (Å²) in [4.78, 5) is 4.51. The van der Waals surface area contributed by atoms with Crippen molar-refractivity contribution in [3.05, 3.63) is 47.1 Å². The van der Waals surface area contributed by atoms with Crippen LogP contribution < -0.4 is 5.32 Å². The minimum Gasteiger partial charge on any atom is -0.339 e. The van der Waals surface area contributed by atoms with Crippen LogP contribution >= 0.6 is 0 Å². The average molecular weight is 243 g/mol. The number of rotatable bonds is 3. The summed E-state index contributed by atoms with van der Waals surface area (Å²) in [6.45, 7) is 4.11. The molecule has 0 spiro atoms. The molecule has 0 saturated carbocycles. The third-order valence-corrected chi connectivity index (χ3v) is 3.51. The lowest BCUT2D eigenvalue weighted by Crippen LogP contribution is -2.08. The van der Waals surface area contributed by atoms with E-state index in [1.807, 2.05) is 12.1 Å². The van der Waals surface area contributed by atoms with Crippen LogP contribution in [0.15, 0.2) is 28.8 Å². The first-order chi connectivity index (χ1) is 8.83. The summed E-state index contributed by atoms with van der Waals surface area (Å²) in [5.41, 5.74) is 2.51. The van der Waals surface area contributed by atoms with E-state index in [1.165, 1.54) is 11.1 Å². The van der Waals surface area contributed by atoms with Crippen molar-refractivity contribution in [1.82, 2.24) is 15.5 Å². The fraction of sp³-hybridized carbons (Fsp3) is 0.429. The van der Waals surface area contributed by atoms with Crippen molar-refractivity contribution in [2.24, 2.45) is 0 Å². The number of aryl methyl sites for hydroxylation is 1. The van der Waals surface area contributed by atoms with Gasteiger partial charge in [-0.05, 0) is 31.0 Å². The largest absolute Gasteiger partial charge is 0.339 e. The van der Waals surface area contributed by atoms with E-state index >= 15 is 0 Å². The van der Waals surface area contributed by atoms with Gasteiger partial charge in [0.2, 0.25) is 5.89 Å². The van der Waals surface area contributed by atoms with Crippen LogP contribution in [-0.4, -0.2) is 23.2 Å². The predicted octanol–water partition coefficient (Wildman–Crippen LogP) is 2.05. The van der Waals surface area contributed by atoms with Gasteiger partial charge in [0, 0.05) is 12.5 Å². The quantitative estimate of drug-likeness (QED) is 0.896. The maximum Gasteiger partial charge on any atom is 0.231 e. The molecule has 0 aliphatic carbocycles. The first-order valence-corrected chi connectivity index (χ1v) is 6.40. The topological polar surface area (TPSA) is 51.0 Å². The molecule has 1 aromatic carbocycles. The van der Waals surface area contributed by atoms with Crippen molar-refractivity contribution >= 4 is 0 Å². The first kappa shape index (κ1) is 11.4. The lowest BCUT2D eigenvalue weighted by atomic mass is 10.1. The summed E-state index contributed by atoms with van der Waals surface area (Å²) in [6, 6.07) is 8.30. The summed E-state index contributed by atoms with van der Waals surface area (Å²) in [5.74, 6) is 1.98.